The van der Waals surface area contributed by atoms with Crippen LogP contribution >= 0.6 is 24.0 Å². The summed E-state index contributed by atoms with van der Waals surface area (Å²) >= 11 is 0. The standard InChI is InChI=1S/C16H26N6O.HI/c1-5-17-16(19-10-15-21-12(2)13(3)23-15)18-8-6-7-14-9-20-22(4)11-14;/h9,11H,5-8,10H2,1-4H3,(H2,17,18,19);1H. The van der Waals surface area contributed by atoms with Gasteiger partial charge in [-0.05, 0) is 39.2 Å². The van der Waals surface area contributed by atoms with Crippen molar-refractivity contribution in [3.8, 4) is 0 Å². The van der Waals surface area contributed by atoms with Crippen molar-refractivity contribution >= 4 is 29.9 Å². The molecular weight excluding hydrogens is 419 g/mol. The van der Waals surface area contributed by atoms with Crippen LogP contribution in [-0.2, 0) is 20.0 Å². The number of aromatic nitrogens is 3. The lowest BCUT2D eigenvalue weighted by Crippen LogP contribution is -2.37. The van der Waals surface area contributed by atoms with Crippen LogP contribution in [-0.4, -0.2) is 33.8 Å². The summed E-state index contributed by atoms with van der Waals surface area (Å²) in [4.78, 5) is 8.85. The van der Waals surface area contributed by atoms with Gasteiger partial charge in [0, 0.05) is 26.3 Å². The van der Waals surface area contributed by atoms with Crippen LogP contribution in [0.1, 0.15) is 36.3 Å². The highest BCUT2D eigenvalue weighted by Gasteiger charge is 2.05. The summed E-state index contributed by atoms with van der Waals surface area (Å²) < 4.78 is 7.37. The number of hydrogen-bond donors (Lipinski definition) is 2. The second kappa shape index (κ2) is 10.3. The van der Waals surface area contributed by atoms with Crippen LogP contribution in [0.2, 0.25) is 0 Å². The molecule has 0 aliphatic rings. The highest BCUT2D eigenvalue weighted by molar-refractivity contribution is 14.0. The summed E-state index contributed by atoms with van der Waals surface area (Å²) in [6.45, 7) is 8.01. The molecule has 2 aromatic rings. The highest BCUT2D eigenvalue weighted by Crippen LogP contribution is 2.08. The number of oxazole rings is 1. The van der Waals surface area contributed by atoms with Gasteiger partial charge in [0.25, 0.3) is 0 Å². The Bertz CT molecular complexity index is 629. The fourth-order valence-corrected chi connectivity index (χ4v) is 2.20. The Balaban J connectivity index is 0.00000288. The van der Waals surface area contributed by atoms with Gasteiger partial charge in [0.15, 0.2) is 5.96 Å². The molecule has 0 radical (unpaired) electrons. The predicted octanol–water partition coefficient (Wildman–Crippen LogP) is 2.33. The Morgan fingerprint density at radius 2 is 2.12 bits per heavy atom. The van der Waals surface area contributed by atoms with Crippen molar-refractivity contribution in [3.63, 3.8) is 0 Å². The lowest BCUT2D eigenvalue weighted by Gasteiger charge is -2.10. The molecule has 24 heavy (non-hydrogen) atoms. The minimum Gasteiger partial charge on any atom is -0.444 e. The molecule has 0 aromatic carbocycles. The zero-order valence-electron chi connectivity index (χ0n) is 14.8. The van der Waals surface area contributed by atoms with E-state index in [-0.39, 0.29) is 24.0 Å². The molecule has 0 unspecified atom stereocenters. The molecule has 0 saturated heterocycles. The fraction of sp³-hybridized carbons (Fsp3) is 0.562. The van der Waals surface area contributed by atoms with Gasteiger partial charge in [0.1, 0.15) is 12.3 Å². The van der Waals surface area contributed by atoms with Crippen LogP contribution in [0.25, 0.3) is 0 Å². The number of rotatable bonds is 7. The number of hydrogen-bond acceptors (Lipinski definition) is 4. The monoisotopic (exact) mass is 446 g/mol. The molecule has 7 nitrogen and oxygen atoms in total. The summed E-state index contributed by atoms with van der Waals surface area (Å²) in [5.74, 6) is 2.28. The first-order valence-electron chi connectivity index (χ1n) is 8.01. The zero-order chi connectivity index (χ0) is 16.7. The number of aliphatic imine (C=N–C) groups is 1. The SMILES string of the molecule is CCNC(=NCc1nc(C)c(C)o1)NCCCc1cnn(C)c1.I. The summed E-state index contributed by atoms with van der Waals surface area (Å²) in [5.41, 5.74) is 2.17. The Labute approximate surface area is 160 Å². The van der Waals surface area contributed by atoms with E-state index >= 15 is 0 Å². The van der Waals surface area contributed by atoms with Gasteiger partial charge in [-0.3, -0.25) is 4.68 Å². The van der Waals surface area contributed by atoms with Crippen LogP contribution in [0.4, 0.5) is 0 Å². The third-order valence-electron chi connectivity index (χ3n) is 3.48. The van der Waals surface area contributed by atoms with E-state index in [1.807, 2.05) is 44.9 Å². The van der Waals surface area contributed by atoms with E-state index in [0.29, 0.717) is 12.4 Å². The molecule has 0 saturated carbocycles. The molecule has 2 heterocycles. The summed E-state index contributed by atoms with van der Waals surface area (Å²) in [5, 5.41) is 10.7. The Kier molecular flexibility index (Phi) is 8.80. The van der Waals surface area contributed by atoms with Gasteiger partial charge in [0.05, 0.1) is 11.9 Å². The molecule has 0 fully saturated rings. The lowest BCUT2D eigenvalue weighted by atomic mass is 10.2. The smallest absolute Gasteiger partial charge is 0.216 e. The molecule has 0 bridgehead atoms. The van der Waals surface area contributed by atoms with Crippen LogP contribution in [0.5, 0.6) is 0 Å². The summed E-state index contributed by atoms with van der Waals surface area (Å²) in [6, 6.07) is 0. The summed E-state index contributed by atoms with van der Waals surface area (Å²) in [7, 11) is 1.93. The number of nitrogens with one attached hydrogen (secondary N) is 2. The van der Waals surface area contributed by atoms with Crippen molar-refractivity contribution in [1.82, 2.24) is 25.4 Å². The second-order valence-corrected chi connectivity index (χ2v) is 5.50. The molecule has 0 aliphatic heterocycles. The number of nitrogens with zero attached hydrogens (tertiary/aromatic N) is 4. The van der Waals surface area contributed by atoms with E-state index in [0.717, 1.165) is 43.3 Å². The van der Waals surface area contributed by atoms with Crippen LogP contribution in [0.15, 0.2) is 21.8 Å². The average molecular weight is 446 g/mol. The van der Waals surface area contributed by atoms with E-state index in [1.165, 1.54) is 5.56 Å². The van der Waals surface area contributed by atoms with Gasteiger partial charge in [-0.2, -0.15) is 5.10 Å². The van der Waals surface area contributed by atoms with Crippen molar-refractivity contribution < 1.29 is 4.42 Å². The molecule has 2 N–H and O–H groups in total. The maximum absolute atomic E-state index is 5.55. The lowest BCUT2D eigenvalue weighted by molar-refractivity contribution is 0.473. The Hall–Kier alpha value is -1.58. The molecule has 0 spiro atoms. The molecular formula is C16H27IN6O. The van der Waals surface area contributed by atoms with Crippen LogP contribution in [0, 0.1) is 13.8 Å². The first-order chi connectivity index (χ1) is 11.1. The van der Waals surface area contributed by atoms with Gasteiger partial charge in [-0.1, -0.05) is 0 Å². The summed E-state index contributed by atoms with van der Waals surface area (Å²) in [6.07, 6.45) is 5.98. The highest BCUT2D eigenvalue weighted by atomic mass is 127. The Morgan fingerprint density at radius 1 is 1.33 bits per heavy atom. The maximum Gasteiger partial charge on any atom is 0.216 e. The van der Waals surface area contributed by atoms with Gasteiger partial charge in [0.2, 0.25) is 5.89 Å². The number of guanidine groups is 1. The third kappa shape index (κ3) is 6.50. The molecule has 0 amide bonds. The van der Waals surface area contributed by atoms with E-state index in [4.69, 9.17) is 4.42 Å². The predicted molar refractivity (Wildman–Crippen MR) is 106 cm³/mol. The molecule has 2 rings (SSSR count). The van der Waals surface area contributed by atoms with Gasteiger partial charge in [-0.15, -0.1) is 24.0 Å². The van der Waals surface area contributed by atoms with Gasteiger partial charge >= 0.3 is 0 Å². The fourth-order valence-electron chi connectivity index (χ4n) is 2.20. The van der Waals surface area contributed by atoms with E-state index < -0.39 is 0 Å². The van der Waals surface area contributed by atoms with E-state index in [9.17, 15) is 0 Å². The number of halogens is 1. The first-order valence-corrected chi connectivity index (χ1v) is 8.01. The second-order valence-electron chi connectivity index (χ2n) is 5.50. The maximum atomic E-state index is 5.55. The molecule has 134 valence electrons. The van der Waals surface area contributed by atoms with E-state index in [1.54, 1.807) is 0 Å². The van der Waals surface area contributed by atoms with Gasteiger partial charge < -0.3 is 15.1 Å². The van der Waals surface area contributed by atoms with Crippen molar-refractivity contribution in [3.05, 3.63) is 35.3 Å². The normalized spacial score (nSPS) is 11.2. The molecule has 8 heteroatoms. The van der Waals surface area contributed by atoms with Crippen molar-refractivity contribution in [2.24, 2.45) is 12.0 Å². The largest absolute Gasteiger partial charge is 0.444 e. The average Bonchev–Trinajstić information content (AvgIpc) is 3.07. The molecule has 0 atom stereocenters. The van der Waals surface area contributed by atoms with Crippen LogP contribution < -0.4 is 10.6 Å². The molecule has 2 aromatic heterocycles. The minimum absolute atomic E-state index is 0. The quantitative estimate of drug-likeness (QED) is 0.296. The topological polar surface area (TPSA) is 80.3 Å². The first kappa shape index (κ1) is 20.5. The minimum atomic E-state index is 0. The van der Waals surface area contributed by atoms with Crippen molar-refractivity contribution in [1.29, 1.82) is 0 Å². The zero-order valence-corrected chi connectivity index (χ0v) is 17.1. The molecule has 0 aliphatic carbocycles. The van der Waals surface area contributed by atoms with E-state index in [2.05, 4.69) is 25.7 Å². The van der Waals surface area contributed by atoms with Crippen molar-refractivity contribution in [2.45, 2.75) is 40.2 Å². The van der Waals surface area contributed by atoms with Crippen molar-refractivity contribution in [2.75, 3.05) is 13.1 Å². The van der Waals surface area contributed by atoms with Crippen LogP contribution in [0.3, 0.4) is 0 Å². The van der Waals surface area contributed by atoms with Gasteiger partial charge in [-0.25, -0.2) is 9.98 Å². The number of aryl methyl sites for hydroxylation is 4. The Morgan fingerprint density at radius 3 is 2.71 bits per heavy atom. The third-order valence-corrected chi connectivity index (χ3v) is 3.48.